The van der Waals surface area contributed by atoms with E-state index in [4.69, 9.17) is 5.73 Å². The van der Waals surface area contributed by atoms with Gasteiger partial charge >= 0.3 is 0 Å². The molecule has 0 radical (unpaired) electrons. The second-order valence-electron chi connectivity index (χ2n) is 3.34. The Hall–Kier alpha value is -0.910. The molecule has 0 spiro atoms. The van der Waals surface area contributed by atoms with Crippen molar-refractivity contribution >= 4 is 23.1 Å². The molecule has 1 unspecified atom stereocenters. The number of aryl methyl sites for hydroxylation is 1. The molecule has 2 rings (SSSR count). The largest absolute Gasteiger partial charge is 0.329 e. The standard InChI is InChI=1S/C11H13N3S2/c1-8-3-6-15-10(8)9(7-12)16-11-13-4-2-5-14-11/h2-6,9H,7,12H2,1H3. The van der Waals surface area contributed by atoms with E-state index in [2.05, 4.69) is 28.3 Å². The summed E-state index contributed by atoms with van der Waals surface area (Å²) < 4.78 is 0. The van der Waals surface area contributed by atoms with E-state index in [0.717, 1.165) is 5.16 Å². The molecule has 0 amide bonds. The summed E-state index contributed by atoms with van der Waals surface area (Å²) in [6.45, 7) is 2.71. The molecule has 2 heterocycles. The number of nitrogens with two attached hydrogens (primary N) is 1. The van der Waals surface area contributed by atoms with E-state index >= 15 is 0 Å². The summed E-state index contributed by atoms with van der Waals surface area (Å²) >= 11 is 3.37. The van der Waals surface area contributed by atoms with Gasteiger partial charge in [-0.15, -0.1) is 11.3 Å². The van der Waals surface area contributed by atoms with E-state index < -0.39 is 0 Å². The number of thiophene rings is 1. The van der Waals surface area contributed by atoms with Gasteiger partial charge in [-0.2, -0.15) is 0 Å². The maximum Gasteiger partial charge on any atom is 0.188 e. The molecule has 0 aliphatic carbocycles. The molecule has 2 aromatic heterocycles. The summed E-state index contributed by atoms with van der Waals surface area (Å²) in [5, 5.41) is 3.13. The highest BCUT2D eigenvalue weighted by Crippen LogP contribution is 2.36. The first kappa shape index (κ1) is 11.6. The first-order valence-corrected chi connectivity index (χ1v) is 6.75. The van der Waals surface area contributed by atoms with Crippen molar-refractivity contribution in [1.29, 1.82) is 0 Å². The second kappa shape index (κ2) is 5.43. The minimum atomic E-state index is 0.252. The molecule has 2 aromatic rings. The SMILES string of the molecule is Cc1ccsc1C(CN)Sc1ncccn1. The van der Waals surface area contributed by atoms with Crippen LogP contribution in [0, 0.1) is 6.92 Å². The van der Waals surface area contributed by atoms with Crippen LogP contribution in [0.5, 0.6) is 0 Å². The van der Waals surface area contributed by atoms with Crippen molar-refractivity contribution in [3.05, 3.63) is 40.3 Å². The van der Waals surface area contributed by atoms with E-state index in [-0.39, 0.29) is 5.25 Å². The second-order valence-corrected chi connectivity index (χ2v) is 5.46. The minimum absolute atomic E-state index is 0.252. The Balaban J connectivity index is 2.16. The summed E-state index contributed by atoms with van der Waals surface area (Å²) in [4.78, 5) is 9.73. The third-order valence-electron chi connectivity index (χ3n) is 2.20. The van der Waals surface area contributed by atoms with Crippen molar-refractivity contribution in [2.24, 2.45) is 5.73 Å². The van der Waals surface area contributed by atoms with Gasteiger partial charge in [0, 0.05) is 23.8 Å². The van der Waals surface area contributed by atoms with Crippen LogP contribution in [0.4, 0.5) is 0 Å². The molecule has 16 heavy (non-hydrogen) atoms. The number of rotatable bonds is 4. The Morgan fingerprint density at radius 3 is 2.75 bits per heavy atom. The summed E-state index contributed by atoms with van der Waals surface area (Å²) in [5.41, 5.74) is 7.11. The fourth-order valence-electron chi connectivity index (χ4n) is 1.40. The van der Waals surface area contributed by atoms with Crippen LogP contribution in [0.2, 0.25) is 0 Å². The van der Waals surface area contributed by atoms with Crippen LogP contribution >= 0.6 is 23.1 Å². The van der Waals surface area contributed by atoms with Gasteiger partial charge in [0.25, 0.3) is 0 Å². The molecule has 0 bridgehead atoms. The number of hydrogen-bond acceptors (Lipinski definition) is 5. The lowest BCUT2D eigenvalue weighted by Gasteiger charge is -2.12. The van der Waals surface area contributed by atoms with Gasteiger partial charge in [0.1, 0.15) is 0 Å². The van der Waals surface area contributed by atoms with E-state index in [1.54, 1.807) is 35.5 Å². The molecule has 1 atom stereocenters. The van der Waals surface area contributed by atoms with Crippen LogP contribution in [-0.2, 0) is 0 Å². The number of aromatic nitrogens is 2. The molecular weight excluding hydrogens is 238 g/mol. The zero-order valence-electron chi connectivity index (χ0n) is 8.96. The average molecular weight is 251 g/mol. The zero-order chi connectivity index (χ0) is 11.4. The predicted molar refractivity (Wildman–Crippen MR) is 68.7 cm³/mol. The van der Waals surface area contributed by atoms with Crippen LogP contribution in [0.15, 0.2) is 35.1 Å². The van der Waals surface area contributed by atoms with Crippen LogP contribution in [0.3, 0.4) is 0 Å². The lowest BCUT2D eigenvalue weighted by Crippen LogP contribution is -2.09. The predicted octanol–water partition coefficient (Wildman–Crippen LogP) is 2.64. The first-order valence-electron chi connectivity index (χ1n) is 4.99. The number of thioether (sulfide) groups is 1. The molecular formula is C11H13N3S2. The first-order chi connectivity index (χ1) is 7.81. The van der Waals surface area contributed by atoms with Crippen LogP contribution in [0.25, 0.3) is 0 Å². The van der Waals surface area contributed by atoms with Gasteiger partial charge in [-0.3, -0.25) is 0 Å². The molecule has 0 saturated heterocycles. The maximum atomic E-state index is 5.81. The normalized spacial score (nSPS) is 12.6. The molecule has 2 N–H and O–H groups in total. The Morgan fingerprint density at radius 1 is 1.44 bits per heavy atom. The topological polar surface area (TPSA) is 51.8 Å². The molecule has 0 aliphatic heterocycles. The summed E-state index contributed by atoms with van der Waals surface area (Å²) in [6.07, 6.45) is 3.51. The monoisotopic (exact) mass is 251 g/mol. The summed E-state index contributed by atoms with van der Waals surface area (Å²) in [6, 6.07) is 3.94. The fraction of sp³-hybridized carbons (Fsp3) is 0.273. The zero-order valence-corrected chi connectivity index (χ0v) is 10.6. The van der Waals surface area contributed by atoms with Crippen LogP contribution in [0.1, 0.15) is 15.7 Å². The lowest BCUT2D eigenvalue weighted by atomic mass is 10.2. The van der Waals surface area contributed by atoms with Gasteiger partial charge in [-0.25, -0.2) is 9.97 Å². The van der Waals surface area contributed by atoms with Gasteiger partial charge in [0.2, 0.25) is 0 Å². The van der Waals surface area contributed by atoms with Crippen molar-refractivity contribution in [2.75, 3.05) is 6.54 Å². The molecule has 3 nitrogen and oxygen atoms in total. The summed E-state index contributed by atoms with van der Waals surface area (Å²) in [7, 11) is 0. The average Bonchev–Trinajstić information content (AvgIpc) is 2.74. The third kappa shape index (κ3) is 2.61. The van der Waals surface area contributed by atoms with E-state index in [1.807, 2.05) is 6.07 Å². The highest BCUT2D eigenvalue weighted by Gasteiger charge is 2.16. The molecule has 0 fully saturated rings. The van der Waals surface area contributed by atoms with E-state index in [9.17, 15) is 0 Å². The number of hydrogen-bond donors (Lipinski definition) is 1. The van der Waals surface area contributed by atoms with Crippen molar-refractivity contribution in [2.45, 2.75) is 17.3 Å². The van der Waals surface area contributed by atoms with Crippen molar-refractivity contribution < 1.29 is 0 Å². The fourth-order valence-corrected chi connectivity index (χ4v) is 3.52. The maximum absolute atomic E-state index is 5.81. The van der Waals surface area contributed by atoms with Crippen molar-refractivity contribution in [3.63, 3.8) is 0 Å². The summed E-state index contributed by atoms with van der Waals surface area (Å²) in [5.74, 6) is 0. The molecule has 0 aliphatic rings. The molecule has 84 valence electrons. The van der Waals surface area contributed by atoms with Gasteiger partial charge in [-0.05, 0) is 30.0 Å². The minimum Gasteiger partial charge on any atom is -0.329 e. The van der Waals surface area contributed by atoms with E-state index in [1.165, 1.54) is 10.4 Å². The van der Waals surface area contributed by atoms with Crippen LogP contribution in [-0.4, -0.2) is 16.5 Å². The van der Waals surface area contributed by atoms with Crippen LogP contribution < -0.4 is 5.73 Å². The number of nitrogens with zero attached hydrogens (tertiary/aromatic N) is 2. The highest BCUT2D eigenvalue weighted by molar-refractivity contribution is 7.99. The van der Waals surface area contributed by atoms with Gasteiger partial charge in [0.15, 0.2) is 5.16 Å². The Kier molecular flexibility index (Phi) is 3.93. The van der Waals surface area contributed by atoms with Gasteiger partial charge < -0.3 is 5.73 Å². The van der Waals surface area contributed by atoms with Crippen molar-refractivity contribution in [3.8, 4) is 0 Å². The van der Waals surface area contributed by atoms with Crippen molar-refractivity contribution in [1.82, 2.24) is 9.97 Å². The van der Waals surface area contributed by atoms with E-state index in [0.29, 0.717) is 6.54 Å². The molecule has 0 saturated carbocycles. The Morgan fingerprint density at radius 2 is 2.19 bits per heavy atom. The quantitative estimate of drug-likeness (QED) is 0.670. The molecule has 0 aromatic carbocycles. The molecule has 5 heteroatoms. The van der Waals surface area contributed by atoms with Gasteiger partial charge in [0.05, 0.1) is 5.25 Å². The van der Waals surface area contributed by atoms with Gasteiger partial charge in [-0.1, -0.05) is 11.8 Å². The third-order valence-corrected chi connectivity index (χ3v) is 4.61. The smallest absolute Gasteiger partial charge is 0.188 e. The highest BCUT2D eigenvalue weighted by atomic mass is 32.2. The Bertz CT molecular complexity index is 442. The lowest BCUT2D eigenvalue weighted by molar-refractivity contribution is 0.916. The Labute approximate surface area is 103 Å².